The number of rotatable bonds is 3. The third-order valence-electron chi connectivity index (χ3n) is 2.49. The zero-order valence-electron chi connectivity index (χ0n) is 9.29. The number of benzene rings is 2. The van der Waals surface area contributed by atoms with Crippen molar-refractivity contribution >= 4 is 44.9 Å². The Morgan fingerprint density at radius 2 is 1.78 bits per heavy atom. The fourth-order valence-electron chi connectivity index (χ4n) is 1.64. The minimum absolute atomic E-state index is 0.0285. The van der Waals surface area contributed by atoms with Crippen molar-refractivity contribution in [2.45, 2.75) is 6.42 Å². The number of hydrogen-bond acceptors (Lipinski definition) is 1. The van der Waals surface area contributed by atoms with Crippen LogP contribution in [-0.4, -0.2) is 5.78 Å². The van der Waals surface area contributed by atoms with E-state index in [9.17, 15) is 4.79 Å². The molecule has 2 rings (SSSR count). The maximum Gasteiger partial charge on any atom is 0.168 e. The Balaban J connectivity index is 2.22. The molecule has 0 amide bonds. The minimum atomic E-state index is 0.0285. The summed E-state index contributed by atoms with van der Waals surface area (Å²) >= 11 is 15.1. The van der Waals surface area contributed by atoms with Gasteiger partial charge in [0.05, 0.1) is 0 Å². The van der Waals surface area contributed by atoms with E-state index in [1.807, 2.05) is 12.1 Å². The van der Waals surface area contributed by atoms with Crippen LogP contribution in [-0.2, 0) is 6.42 Å². The Morgan fingerprint density at radius 1 is 1.06 bits per heavy atom. The Bertz CT molecular complexity index is 596. The number of carbonyl (C=O) groups excluding carboxylic acids is 1. The molecule has 92 valence electrons. The summed E-state index contributed by atoms with van der Waals surface area (Å²) in [6, 6.07) is 12.4. The molecule has 0 aliphatic rings. The average Bonchev–Trinajstić information content (AvgIpc) is 2.28. The molecule has 0 atom stereocenters. The van der Waals surface area contributed by atoms with Gasteiger partial charge in [0.2, 0.25) is 0 Å². The predicted octanol–water partition coefficient (Wildman–Crippen LogP) is 5.18. The summed E-state index contributed by atoms with van der Waals surface area (Å²) in [5.74, 6) is 0.0285. The maximum absolute atomic E-state index is 12.1. The summed E-state index contributed by atoms with van der Waals surface area (Å²) in [5.41, 5.74) is 1.52. The second-order valence-corrected chi connectivity index (χ2v) is 5.58. The van der Waals surface area contributed by atoms with E-state index >= 15 is 0 Å². The Labute approximate surface area is 124 Å². The van der Waals surface area contributed by atoms with Gasteiger partial charge in [-0.05, 0) is 51.8 Å². The fourth-order valence-corrected chi connectivity index (χ4v) is 2.76. The van der Waals surface area contributed by atoms with E-state index in [1.54, 1.807) is 30.3 Å². The van der Waals surface area contributed by atoms with Crippen LogP contribution in [0.25, 0.3) is 0 Å². The molecule has 0 fully saturated rings. The molecule has 0 aliphatic heterocycles. The van der Waals surface area contributed by atoms with Crippen molar-refractivity contribution in [3.05, 3.63) is 68.1 Å². The first kappa shape index (κ1) is 13.6. The van der Waals surface area contributed by atoms with E-state index in [0.717, 1.165) is 5.56 Å². The molecular formula is C14H9BrCl2O. The third kappa shape index (κ3) is 3.35. The molecule has 0 saturated heterocycles. The Hall–Kier alpha value is -0.830. The van der Waals surface area contributed by atoms with Gasteiger partial charge in [-0.3, -0.25) is 4.79 Å². The molecule has 0 unspecified atom stereocenters. The molecule has 0 aliphatic carbocycles. The van der Waals surface area contributed by atoms with Gasteiger partial charge in [-0.25, -0.2) is 0 Å². The van der Waals surface area contributed by atoms with Crippen molar-refractivity contribution in [3.8, 4) is 0 Å². The largest absolute Gasteiger partial charge is 0.294 e. The Kier molecular flexibility index (Phi) is 4.44. The van der Waals surface area contributed by atoms with Crippen LogP contribution in [0.3, 0.4) is 0 Å². The smallest absolute Gasteiger partial charge is 0.168 e. The van der Waals surface area contributed by atoms with Gasteiger partial charge in [-0.15, -0.1) is 0 Å². The molecule has 0 heterocycles. The number of carbonyl (C=O) groups is 1. The van der Waals surface area contributed by atoms with Gasteiger partial charge in [0.1, 0.15) is 0 Å². The quantitative estimate of drug-likeness (QED) is 0.701. The molecule has 0 radical (unpaired) electrons. The molecule has 18 heavy (non-hydrogen) atoms. The first-order valence-electron chi connectivity index (χ1n) is 5.29. The minimum Gasteiger partial charge on any atom is -0.294 e. The summed E-state index contributed by atoms with van der Waals surface area (Å²) in [6.07, 6.45) is 0.320. The standard InChI is InChI=1S/C14H9BrCl2O/c15-13-8-11(17)4-5-12(13)14(18)7-9-2-1-3-10(16)6-9/h1-6,8H,7H2. The Morgan fingerprint density at radius 3 is 2.44 bits per heavy atom. The van der Waals surface area contributed by atoms with Crippen molar-refractivity contribution in [1.29, 1.82) is 0 Å². The third-order valence-corrected chi connectivity index (χ3v) is 3.61. The normalized spacial score (nSPS) is 10.4. The lowest BCUT2D eigenvalue weighted by Gasteiger charge is -2.05. The van der Waals surface area contributed by atoms with Crippen molar-refractivity contribution in [3.63, 3.8) is 0 Å². The number of ketones is 1. The molecule has 4 heteroatoms. The summed E-state index contributed by atoms with van der Waals surface area (Å²) in [5, 5.41) is 1.23. The lowest BCUT2D eigenvalue weighted by molar-refractivity contribution is 0.0992. The maximum atomic E-state index is 12.1. The molecule has 2 aromatic rings. The highest BCUT2D eigenvalue weighted by atomic mass is 79.9. The molecule has 0 saturated carbocycles. The second-order valence-electron chi connectivity index (χ2n) is 3.85. The van der Waals surface area contributed by atoms with Gasteiger partial charge in [0.15, 0.2) is 5.78 Å². The molecule has 2 aromatic carbocycles. The van der Waals surface area contributed by atoms with Gasteiger partial charge < -0.3 is 0 Å². The van der Waals surface area contributed by atoms with E-state index in [0.29, 0.717) is 26.5 Å². The van der Waals surface area contributed by atoms with Gasteiger partial charge in [-0.2, -0.15) is 0 Å². The van der Waals surface area contributed by atoms with Crippen molar-refractivity contribution < 1.29 is 4.79 Å². The topological polar surface area (TPSA) is 17.1 Å². The van der Waals surface area contributed by atoms with Gasteiger partial charge in [-0.1, -0.05) is 35.3 Å². The molecule has 0 aromatic heterocycles. The zero-order chi connectivity index (χ0) is 13.1. The average molecular weight is 344 g/mol. The van der Waals surface area contributed by atoms with Gasteiger partial charge >= 0.3 is 0 Å². The van der Waals surface area contributed by atoms with Crippen LogP contribution in [0, 0.1) is 0 Å². The van der Waals surface area contributed by atoms with E-state index in [1.165, 1.54) is 0 Å². The van der Waals surface area contributed by atoms with Crippen LogP contribution in [0.15, 0.2) is 46.9 Å². The SMILES string of the molecule is O=C(Cc1cccc(Cl)c1)c1ccc(Cl)cc1Br. The summed E-state index contributed by atoms with van der Waals surface area (Å²) in [7, 11) is 0. The van der Waals surface area contributed by atoms with Crippen molar-refractivity contribution in [1.82, 2.24) is 0 Å². The van der Waals surface area contributed by atoms with E-state index in [-0.39, 0.29) is 5.78 Å². The van der Waals surface area contributed by atoms with E-state index < -0.39 is 0 Å². The summed E-state index contributed by atoms with van der Waals surface area (Å²) in [6.45, 7) is 0. The number of hydrogen-bond donors (Lipinski definition) is 0. The van der Waals surface area contributed by atoms with Crippen LogP contribution in [0.2, 0.25) is 10.0 Å². The highest BCUT2D eigenvalue weighted by molar-refractivity contribution is 9.10. The first-order valence-corrected chi connectivity index (χ1v) is 6.84. The van der Waals surface area contributed by atoms with Crippen molar-refractivity contribution in [2.75, 3.05) is 0 Å². The van der Waals surface area contributed by atoms with Crippen LogP contribution in [0.1, 0.15) is 15.9 Å². The molecule has 0 spiro atoms. The molecule has 1 nitrogen and oxygen atoms in total. The first-order chi connectivity index (χ1) is 8.56. The van der Waals surface area contributed by atoms with Crippen LogP contribution < -0.4 is 0 Å². The van der Waals surface area contributed by atoms with Crippen LogP contribution >= 0.6 is 39.1 Å². The van der Waals surface area contributed by atoms with Crippen molar-refractivity contribution in [2.24, 2.45) is 0 Å². The molecule has 0 N–H and O–H groups in total. The van der Waals surface area contributed by atoms with Crippen LogP contribution in [0.4, 0.5) is 0 Å². The molecular weight excluding hydrogens is 335 g/mol. The fraction of sp³-hybridized carbons (Fsp3) is 0.0714. The van der Waals surface area contributed by atoms with Crippen LogP contribution in [0.5, 0.6) is 0 Å². The zero-order valence-corrected chi connectivity index (χ0v) is 12.4. The summed E-state index contributed by atoms with van der Waals surface area (Å²) < 4.78 is 0.710. The van der Waals surface area contributed by atoms with Gasteiger partial charge in [0, 0.05) is 26.5 Å². The number of Topliss-reactive ketones (excluding diaryl/α,β-unsaturated/α-hetero) is 1. The van der Waals surface area contributed by atoms with E-state index in [4.69, 9.17) is 23.2 Å². The van der Waals surface area contributed by atoms with E-state index in [2.05, 4.69) is 15.9 Å². The lowest BCUT2D eigenvalue weighted by atomic mass is 10.0. The van der Waals surface area contributed by atoms with Gasteiger partial charge in [0.25, 0.3) is 0 Å². The number of halogens is 3. The monoisotopic (exact) mass is 342 g/mol. The summed E-state index contributed by atoms with van der Waals surface area (Å²) in [4.78, 5) is 12.1. The highest BCUT2D eigenvalue weighted by Crippen LogP contribution is 2.23. The molecule has 0 bridgehead atoms. The lowest BCUT2D eigenvalue weighted by Crippen LogP contribution is -2.04. The highest BCUT2D eigenvalue weighted by Gasteiger charge is 2.11. The predicted molar refractivity (Wildman–Crippen MR) is 78.6 cm³/mol. The second kappa shape index (κ2) is 5.87.